The lowest BCUT2D eigenvalue weighted by molar-refractivity contribution is -0.241. The average Bonchev–Trinajstić information content (AvgIpc) is 3.71. The van der Waals surface area contributed by atoms with Crippen molar-refractivity contribution >= 4 is 5.91 Å². The van der Waals surface area contributed by atoms with Gasteiger partial charge < -0.3 is 29.7 Å². The van der Waals surface area contributed by atoms with Gasteiger partial charge in [-0.1, -0.05) is 41.0 Å². The van der Waals surface area contributed by atoms with Crippen LogP contribution in [0.5, 0.6) is 0 Å². The second-order valence-electron chi connectivity index (χ2n) is 17.8. The Morgan fingerprint density at radius 1 is 1.08 bits per heavy atom. The molecule has 274 valence electrons. The molecule has 2 spiro atoms. The first kappa shape index (κ1) is 35.7. The van der Waals surface area contributed by atoms with Crippen molar-refractivity contribution in [3.05, 3.63) is 35.4 Å². The fourth-order valence-electron chi connectivity index (χ4n) is 12.3. The number of hydrogen-bond donors (Lipinski definition) is 2. The summed E-state index contributed by atoms with van der Waals surface area (Å²) in [7, 11) is 0. The lowest BCUT2D eigenvalue weighted by Gasteiger charge is -2.56. The maximum absolute atomic E-state index is 13.8. The number of nitrogens with zero attached hydrogens (tertiary/aromatic N) is 1. The fraction of sp³-hybridized carbons (Fsp3) is 0.825. The number of amides is 1. The van der Waals surface area contributed by atoms with Crippen molar-refractivity contribution in [2.45, 2.75) is 137 Å². The molecule has 1 aromatic rings. The largest absolute Gasteiger partial charge is 0.372 e. The Labute approximate surface area is 292 Å². The van der Waals surface area contributed by atoms with Gasteiger partial charge in [-0.15, -0.1) is 0 Å². The van der Waals surface area contributed by atoms with Crippen LogP contribution < -0.4 is 10.6 Å². The van der Waals surface area contributed by atoms with E-state index in [9.17, 15) is 13.6 Å². The highest BCUT2D eigenvalue weighted by Crippen LogP contribution is 2.82. The number of carbonyl (C=O) groups is 1. The van der Waals surface area contributed by atoms with E-state index in [0.29, 0.717) is 73.0 Å². The second-order valence-corrected chi connectivity index (χ2v) is 17.8. The van der Waals surface area contributed by atoms with Crippen molar-refractivity contribution in [2.75, 3.05) is 32.8 Å². The van der Waals surface area contributed by atoms with E-state index >= 15 is 0 Å². The zero-order valence-corrected chi connectivity index (χ0v) is 30.8. The van der Waals surface area contributed by atoms with E-state index in [1.807, 2.05) is 4.90 Å². The van der Waals surface area contributed by atoms with Gasteiger partial charge in [0.1, 0.15) is 11.6 Å². The van der Waals surface area contributed by atoms with Crippen molar-refractivity contribution in [1.29, 1.82) is 0 Å². The zero-order chi connectivity index (χ0) is 34.8. The van der Waals surface area contributed by atoms with Crippen LogP contribution in [0.3, 0.4) is 0 Å². The normalized spacial score (nSPS) is 43.1. The average molecular weight is 686 g/mol. The molecule has 6 fully saturated rings. The van der Waals surface area contributed by atoms with Crippen LogP contribution in [-0.4, -0.2) is 74.2 Å². The summed E-state index contributed by atoms with van der Waals surface area (Å²) in [6, 6.07) is 4.22. The Kier molecular flexibility index (Phi) is 9.77. The van der Waals surface area contributed by atoms with Crippen LogP contribution in [-0.2, 0) is 25.5 Å². The minimum absolute atomic E-state index is 0.0319. The zero-order valence-electron chi connectivity index (χ0n) is 30.8. The fourth-order valence-corrected chi connectivity index (χ4v) is 12.3. The van der Waals surface area contributed by atoms with Crippen molar-refractivity contribution in [3.63, 3.8) is 0 Å². The van der Waals surface area contributed by atoms with Crippen molar-refractivity contribution in [2.24, 2.45) is 39.4 Å². The van der Waals surface area contributed by atoms with E-state index in [-0.39, 0.29) is 41.3 Å². The molecule has 3 saturated carbocycles. The molecule has 3 heterocycles. The van der Waals surface area contributed by atoms with E-state index in [1.54, 1.807) is 6.92 Å². The third-order valence-electron chi connectivity index (χ3n) is 14.9. The Hall–Kier alpha value is -1.65. The number of ether oxygens (including phenoxy) is 3. The summed E-state index contributed by atoms with van der Waals surface area (Å²) in [5, 5.41) is 7.61. The monoisotopic (exact) mass is 685 g/mol. The summed E-state index contributed by atoms with van der Waals surface area (Å²) >= 11 is 0. The molecule has 9 heteroatoms. The number of carbonyl (C=O) groups excluding carboxylic acids is 1. The highest BCUT2D eigenvalue weighted by molar-refractivity contribution is 5.73. The van der Waals surface area contributed by atoms with Gasteiger partial charge in [0.2, 0.25) is 5.91 Å². The van der Waals surface area contributed by atoms with Crippen LogP contribution in [0.2, 0.25) is 0 Å². The topological polar surface area (TPSA) is 72.1 Å². The molecular formula is C40H61F2N3O4. The summed E-state index contributed by atoms with van der Waals surface area (Å²) in [5.41, 5.74) is 1.51. The van der Waals surface area contributed by atoms with Gasteiger partial charge in [0.05, 0.1) is 31.5 Å². The van der Waals surface area contributed by atoms with Crippen LogP contribution in [0.15, 0.2) is 18.2 Å². The first-order valence-electron chi connectivity index (χ1n) is 19.4. The molecule has 1 aromatic carbocycles. The molecule has 2 N–H and O–H groups in total. The quantitative estimate of drug-likeness (QED) is 0.328. The molecule has 3 aliphatic heterocycles. The van der Waals surface area contributed by atoms with E-state index in [0.717, 1.165) is 31.9 Å². The molecule has 7 unspecified atom stereocenters. The minimum Gasteiger partial charge on any atom is -0.372 e. The first-order chi connectivity index (χ1) is 23.3. The summed E-state index contributed by atoms with van der Waals surface area (Å²) in [5.74, 6) is 0.624. The van der Waals surface area contributed by atoms with Crippen LogP contribution in [0.1, 0.15) is 105 Å². The molecular weight excluding hydrogens is 624 g/mol. The van der Waals surface area contributed by atoms with Crippen LogP contribution in [0, 0.1) is 51.0 Å². The molecule has 49 heavy (non-hydrogen) atoms. The Morgan fingerprint density at radius 3 is 2.59 bits per heavy atom. The van der Waals surface area contributed by atoms with E-state index in [4.69, 9.17) is 14.2 Å². The SMILES string of the molecule is CC[C@]1(C)CC[C@@]23C[C@@]24CCC(OC2CN(C(C)=O)CCO2)C(C)(C)C4CC[C@H]3NCC2OC(CNCc3cc(F)cc(F)c3)CC(C)C21. The summed E-state index contributed by atoms with van der Waals surface area (Å²) in [6.45, 7) is 17.6. The third-order valence-corrected chi connectivity index (χ3v) is 14.9. The molecule has 3 saturated heterocycles. The van der Waals surface area contributed by atoms with Gasteiger partial charge in [0, 0.05) is 45.2 Å². The smallest absolute Gasteiger partial charge is 0.219 e. The highest BCUT2D eigenvalue weighted by Gasteiger charge is 2.77. The molecule has 0 bridgehead atoms. The second kappa shape index (κ2) is 13.4. The highest BCUT2D eigenvalue weighted by atomic mass is 19.1. The summed E-state index contributed by atoms with van der Waals surface area (Å²) in [4.78, 5) is 13.9. The lowest BCUT2D eigenvalue weighted by atomic mass is 9.52. The minimum atomic E-state index is -0.539. The number of hydrogen-bond acceptors (Lipinski definition) is 6. The van der Waals surface area contributed by atoms with Gasteiger partial charge in [0.25, 0.3) is 0 Å². The van der Waals surface area contributed by atoms with E-state index in [2.05, 4.69) is 45.3 Å². The molecule has 0 radical (unpaired) electrons. The van der Waals surface area contributed by atoms with Gasteiger partial charge in [0.15, 0.2) is 6.29 Å². The predicted octanol–water partition coefficient (Wildman–Crippen LogP) is 6.83. The number of morpholine rings is 1. The molecule has 1 amide bonds. The Balaban J connectivity index is 1.04. The van der Waals surface area contributed by atoms with Crippen molar-refractivity contribution < 1.29 is 27.8 Å². The van der Waals surface area contributed by atoms with Crippen molar-refractivity contribution in [3.8, 4) is 0 Å². The maximum Gasteiger partial charge on any atom is 0.219 e. The Bertz CT molecular complexity index is 1360. The number of benzene rings is 1. The molecule has 3 aliphatic carbocycles. The van der Waals surface area contributed by atoms with Crippen LogP contribution in [0.25, 0.3) is 0 Å². The van der Waals surface area contributed by atoms with Gasteiger partial charge in [-0.3, -0.25) is 4.79 Å². The van der Waals surface area contributed by atoms with Gasteiger partial charge in [-0.05, 0) is 108 Å². The van der Waals surface area contributed by atoms with E-state index in [1.165, 1.54) is 50.7 Å². The molecule has 11 atom stereocenters. The summed E-state index contributed by atoms with van der Waals surface area (Å²) in [6.07, 6.45) is 10.6. The molecule has 6 aliphatic rings. The predicted molar refractivity (Wildman–Crippen MR) is 186 cm³/mol. The van der Waals surface area contributed by atoms with Gasteiger partial charge in [-0.25, -0.2) is 8.78 Å². The maximum atomic E-state index is 13.8. The molecule has 7 rings (SSSR count). The van der Waals surface area contributed by atoms with Gasteiger partial charge in [-0.2, -0.15) is 0 Å². The number of halogens is 2. The number of rotatable bonds is 7. The van der Waals surface area contributed by atoms with Crippen molar-refractivity contribution in [1.82, 2.24) is 15.5 Å². The molecule has 0 aromatic heterocycles. The summed E-state index contributed by atoms with van der Waals surface area (Å²) < 4.78 is 47.3. The standard InChI is InChI=1S/C40H61F2N3O4/c1-7-38(6)12-13-40-24-39(40)11-10-34(49-35-23-45(26(3)46)14-15-47-35)37(4,5)32(39)8-9-33(40)44-22-31-36(38)25(2)16-30(48-31)21-43-20-27-17-28(41)19-29(42)18-27/h17-19,25,30-36,43-44H,7-16,20-24H2,1-6H3/t25?,30?,31?,32?,33-,34?,35?,36?,38-,39-,40+/m1/s1. The number of nitrogens with one attached hydrogen (secondary N) is 2. The third kappa shape index (κ3) is 6.40. The first-order valence-corrected chi connectivity index (χ1v) is 19.4. The molecule has 7 nitrogen and oxygen atoms in total. The Morgan fingerprint density at radius 2 is 1.86 bits per heavy atom. The van der Waals surface area contributed by atoms with Gasteiger partial charge >= 0.3 is 0 Å². The van der Waals surface area contributed by atoms with Crippen LogP contribution in [0.4, 0.5) is 8.78 Å². The van der Waals surface area contributed by atoms with E-state index < -0.39 is 11.6 Å². The van der Waals surface area contributed by atoms with Crippen LogP contribution >= 0.6 is 0 Å². The lowest BCUT2D eigenvalue weighted by Crippen LogP contribution is -2.57. The number of fused-ring (bicyclic) bond motifs is 1.